The van der Waals surface area contributed by atoms with Crippen molar-refractivity contribution in [3.63, 3.8) is 0 Å². The molecule has 85 heavy (non-hydrogen) atoms. The molecule has 17 nitrogen and oxygen atoms in total. The van der Waals surface area contributed by atoms with E-state index in [-0.39, 0.29) is 25.7 Å². The van der Waals surface area contributed by atoms with Crippen LogP contribution in [-0.4, -0.2) is 96.7 Å². The number of phosphoric acid groups is 2. The van der Waals surface area contributed by atoms with Crippen LogP contribution in [0.4, 0.5) is 0 Å². The lowest BCUT2D eigenvalue weighted by molar-refractivity contribution is -0.161. The summed E-state index contributed by atoms with van der Waals surface area (Å²) in [7, 11) is -9.89. The van der Waals surface area contributed by atoms with Crippen LogP contribution in [0.25, 0.3) is 0 Å². The fourth-order valence-electron chi connectivity index (χ4n) is 9.85. The molecule has 0 aromatic carbocycles. The maximum absolute atomic E-state index is 13.0. The number of rotatable bonds is 65. The molecule has 0 aliphatic heterocycles. The van der Waals surface area contributed by atoms with Gasteiger partial charge in [-0.25, -0.2) is 9.13 Å². The van der Waals surface area contributed by atoms with Gasteiger partial charge in [0.1, 0.15) is 19.3 Å². The normalized spacial score (nSPS) is 14.6. The lowest BCUT2D eigenvalue weighted by Gasteiger charge is -2.21. The molecule has 0 saturated carbocycles. The van der Waals surface area contributed by atoms with Crippen LogP contribution in [0, 0.1) is 11.8 Å². The summed E-state index contributed by atoms with van der Waals surface area (Å²) >= 11 is 0. The van der Waals surface area contributed by atoms with Gasteiger partial charge in [0, 0.05) is 25.7 Å². The number of unbranched alkanes of at least 4 members (excludes halogenated alkanes) is 34. The van der Waals surface area contributed by atoms with Crippen molar-refractivity contribution in [1.82, 2.24) is 0 Å². The smallest absolute Gasteiger partial charge is 0.462 e. The van der Waals surface area contributed by atoms with E-state index in [0.29, 0.717) is 25.7 Å². The van der Waals surface area contributed by atoms with Crippen LogP contribution >= 0.6 is 15.6 Å². The Hall–Kier alpha value is -1.94. The molecule has 0 aliphatic carbocycles. The van der Waals surface area contributed by atoms with Gasteiger partial charge in [0.05, 0.1) is 26.4 Å². The van der Waals surface area contributed by atoms with Gasteiger partial charge in [-0.05, 0) is 37.5 Å². The van der Waals surface area contributed by atoms with E-state index in [2.05, 4.69) is 41.5 Å². The van der Waals surface area contributed by atoms with Crippen LogP contribution in [0.2, 0.25) is 0 Å². The highest BCUT2D eigenvalue weighted by Gasteiger charge is 2.30. The second-order valence-electron chi connectivity index (χ2n) is 24.6. The fourth-order valence-corrected chi connectivity index (χ4v) is 11.4. The van der Waals surface area contributed by atoms with Gasteiger partial charge in [-0.15, -0.1) is 0 Å². The minimum absolute atomic E-state index is 0.103. The van der Waals surface area contributed by atoms with Crippen LogP contribution in [-0.2, 0) is 65.4 Å². The predicted molar refractivity (Wildman–Crippen MR) is 340 cm³/mol. The van der Waals surface area contributed by atoms with Crippen molar-refractivity contribution in [2.75, 3.05) is 39.6 Å². The number of aliphatic hydroxyl groups excluding tert-OH is 1. The van der Waals surface area contributed by atoms with Crippen molar-refractivity contribution in [2.24, 2.45) is 11.8 Å². The van der Waals surface area contributed by atoms with Crippen molar-refractivity contribution in [3.05, 3.63) is 0 Å². The first-order chi connectivity index (χ1) is 40.9. The van der Waals surface area contributed by atoms with E-state index < -0.39 is 97.5 Å². The molecule has 3 unspecified atom stereocenters. The van der Waals surface area contributed by atoms with Gasteiger partial charge in [0.2, 0.25) is 0 Å². The van der Waals surface area contributed by atoms with Crippen molar-refractivity contribution >= 4 is 39.5 Å². The Morgan fingerprint density at radius 1 is 0.341 bits per heavy atom. The molecule has 0 amide bonds. The van der Waals surface area contributed by atoms with Crippen LogP contribution < -0.4 is 0 Å². The third-order valence-electron chi connectivity index (χ3n) is 15.6. The molecule has 0 radical (unpaired) electrons. The number of carbonyl (C=O) groups excluding carboxylic acids is 4. The van der Waals surface area contributed by atoms with Gasteiger partial charge in [0.25, 0.3) is 0 Å². The maximum atomic E-state index is 13.0. The SMILES string of the molecule is CCCCCCCCCCCCCCCC(=O)OC[C@H](COP(=O)(O)OC[C@@H](O)COP(=O)(O)OC[C@@H](COC(=O)CCCCCCCCCCC)OC(=O)CCCCCCCCC(C)CC)OC(=O)CCCCCCCCCCCCC(C)C. The van der Waals surface area contributed by atoms with Gasteiger partial charge in [-0.3, -0.25) is 37.3 Å². The quantitative estimate of drug-likeness (QED) is 0.0222. The molecule has 6 atom stereocenters. The molecule has 504 valence electrons. The zero-order chi connectivity index (χ0) is 62.9. The summed E-state index contributed by atoms with van der Waals surface area (Å²) in [4.78, 5) is 72.3. The van der Waals surface area contributed by atoms with E-state index in [1.807, 2.05) is 0 Å². The molecule has 0 aromatic heterocycles. The number of esters is 4. The summed E-state index contributed by atoms with van der Waals surface area (Å²) in [6.45, 7) is 9.44. The topological polar surface area (TPSA) is 237 Å². The van der Waals surface area contributed by atoms with Gasteiger partial charge in [0.15, 0.2) is 12.2 Å². The highest BCUT2D eigenvalue weighted by Crippen LogP contribution is 2.45. The zero-order valence-electron chi connectivity index (χ0n) is 54.9. The van der Waals surface area contributed by atoms with Crippen molar-refractivity contribution in [1.29, 1.82) is 0 Å². The number of hydrogen-bond donors (Lipinski definition) is 3. The molecule has 19 heteroatoms. The molecule has 0 bridgehead atoms. The van der Waals surface area contributed by atoms with E-state index in [0.717, 1.165) is 102 Å². The first-order valence-electron chi connectivity index (χ1n) is 34.5. The molecule has 0 saturated heterocycles. The first-order valence-corrected chi connectivity index (χ1v) is 37.5. The second-order valence-corrected chi connectivity index (χ2v) is 27.5. The third-order valence-corrected chi connectivity index (χ3v) is 17.5. The monoisotopic (exact) mass is 1250 g/mol. The molecule has 0 aromatic rings. The molecule has 0 heterocycles. The Morgan fingerprint density at radius 2 is 0.600 bits per heavy atom. The summed E-state index contributed by atoms with van der Waals surface area (Å²) in [5.74, 6) is -0.660. The van der Waals surface area contributed by atoms with E-state index in [1.54, 1.807) is 0 Å². The lowest BCUT2D eigenvalue weighted by atomic mass is 10.00. The van der Waals surface area contributed by atoms with E-state index in [1.165, 1.54) is 148 Å². The molecule has 0 rings (SSSR count). The minimum Gasteiger partial charge on any atom is -0.462 e. The molecule has 0 fully saturated rings. The summed E-state index contributed by atoms with van der Waals surface area (Å²) in [5, 5.41) is 10.5. The Balaban J connectivity index is 5.24. The Morgan fingerprint density at radius 3 is 0.894 bits per heavy atom. The largest absolute Gasteiger partial charge is 0.472 e. The number of carbonyl (C=O) groups is 4. The number of hydrogen-bond acceptors (Lipinski definition) is 15. The summed E-state index contributed by atoms with van der Waals surface area (Å²) in [6, 6.07) is 0. The van der Waals surface area contributed by atoms with Gasteiger partial charge >= 0.3 is 39.5 Å². The molecule has 0 spiro atoms. The Labute approximate surface area is 517 Å². The molecular formula is C66H128O17P2. The van der Waals surface area contributed by atoms with Crippen molar-refractivity contribution in [2.45, 2.75) is 349 Å². The van der Waals surface area contributed by atoms with Crippen molar-refractivity contribution < 1.29 is 80.2 Å². The highest BCUT2D eigenvalue weighted by atomic mass is 31.2. The molecule has 3 N–H and O–H groups in total. The predicted octanol–water partition coefficient (Wildman–Crippen LogP) is 18.4. The zero-order valence-corrected chi connectivity index (χ0v) is 56.7. The van der Waals surface area contributed by atoms with Gasteiger partial charge < -0.3 is 33.8 Å². The average molecular weight is 1260 g/mol. The van der Waals surface area contributed by atoms with E-state index >= 15 is 0 Å². The summed E-state index contributed by atoms with van der Waals surface area (Å²) in [6.07, 6.45) is 41.6. The van der Waals surface area contributed by atoms with Crippen LogP contribution in [0.1, 0.15) is 330 Å². The third kappa shape index (κ3) is 59.5. The van der Waals surface area contributed by atoms with Crippen LogP contribution in [0.15, 0.2) is 0 Å². The Bertz CT molecular complexity index is 1670. The number of ether oxygens (including phenoxy) is 4. The average Bonchev–Trinajstić information content (AvgIpc) is 3.54. The van der Waals surface area contributed by atoms with E-state index in [9.17, 15) is 43.2 Å². The van der Waals surface area contributed by atoms with Gasteiger partial charge in [-0.1, -0.05) is 279 Å². The van der Waals surface area contributed by atoms with E-state index in [4.69, 9.17) is 37.0 Å². The number of phosphoric ester groups is 2. The summed E-state index contributed by atoms with van der Waals surface area (Å²) < 4.78 is 68.1. The molecular weight excluding hydrogens is 1130 g/mol. The Kier molecular flexibility index (Phi) is 57.1. The van der Waals surface area contributed by atoms with Gasteiger partial charge in [-0.2, -0.15) is 0 Å². The molecule has 0 aliphatic rings. The highest BCUT2D eigenvalue weighted by molar-refractivity contribution is 7.47. The number of aliphatic hydroxyl groups is 1. The van der Waals surface area contributed by atoms with Crippen LogP contribution in [0.3, 0.4) is 0 Å². The summed E-state index contributed by atoms with van der Waals surface area (Å²) in [5.41, 5.74) is 0. The minimum atomic E-state index is -4.95. The standard InChI is InChI=1S/C66H128O17P2/c1-7-10-12-14-16-18-19-20-21-26-30-37-43-49-64(69)77-54-61(82-65(70)50-44-38-31-27-23-22-25-28-34-40-46-58(4)5)56-80-84(72,73)78-52-60(67)53-79-85(74,75)81-57-62(55-76-63(68)48-42-36-29-24-17-15-13-11-8-2)83-66(71)51-45-39-33-32-35-41-47-59(6)9-3/h58-62,67H,7-57H2,1-6H3,(H,72,73)(H,74,75)/t59?,60-,61-,62-/m1/s1. The fraction of sp³-hybridized carbons (Fsp3) is 0.939. The van der Waals surface area contributed by atoms with Crippen LogP contribution in [0.5, 0.6) is 0 Å². The first kappa shape index (κ1) is 83.1. The van der Waals surface area contributed by atoms with Crippen molar-refractivity contribution in [3.8, 4) is 0 Å². The second kappa shape index (κ2) is 58.4. The lowest BCUT2D eigenvalue weighted by Crippen LogP contribution is -2.30. The maximum Gasteiger partial charge on any atom is 0.472 e.